The van der Waals surface area contributed by atoms with Gasteiger partial charge in [-0.1, -0.05) is 6.42 Å². The Morgan fingerprint density at radius 3 is 2.73 bits per heavy atom. The summed E-state index contributed by atoms with van der Waals surface area (Å²) in [5.41, 5.74) is 0. The number of fused-ring (bicyclic) bond motifs is 1. The summed E-state index contributed by atoms with van der Waals surface area (Å²) in [7, 11) is 1.81. The first-order valence-electron chi connectivity index (χ1n) is 11.0. The minimum atomic E-state index is -0.0463. The highest BCUT2D eigenvalue weighted by atomic mass is 16.3. The van der Waals surface area contributed by atoms with Crippen LogP contribution in [0.1, 0.15) is 47.9 Å². The van der Waals surface area contributed by atoms with Gasteiger partial charge in [-0.05, 0) is 31.4 Å². The predicted octanol–water partition coefficient (Wildman–Crippen LogP) is 1.56. The van der Waals surface area contributed by atoms with Crippen molar-refractivity contribution < 1.29 is 9.21 Å². The van der Waals surface area contributed by atoms with Gasteiger partial charge in [-0.25, -0.2) is 0 Å². The highest BCUT2D eigenvalue weighted by Gasteiger charge is 2.25. The van der Waals surface area contributed by atoms with Crippen LogP contribution in [0, 0.1) is 0 Å². The van der Waals surface area contributed by atoms with Gasteiger partial charge >= 0.3 is 0 Å². The second-order valence-electron chi connectivity index (χ2n) is 7.83. The van der Waals surface area contributed by atoms with Crippen LogP contribution in [0.5, 0.6) is 0 Å². The van der Waals surface area contributed by atoms with E-state index >= 15 is 0 Å². The molecule has 1 fully saturated rings. The molecule has 0 atom stereocenters. The van der Waals surface area contributed by atoms with E-state index in [4.69, 9.17) is 4.42 Å². The van der Waals surface area contributed by atoms with Crippen LogP contribution >= 0.6 is 0 Å². The van der Waals surface area contributed by atoms with Gasteiger partial charge < -0.3 is 24.1 Å². The first kappa shape index (κ1) is 20.4. The Morgan fingerprint density at radius 1 is 1.13 bits per heavy atom. The molecule has 1 saturated heterocycles. The fourth-order valence-electron chi connectivity index (χ4n) is 4.19. The topological polar surface area (TPSA) is 91.8 Å². The lowest BCUT2D eigenvalue weighted by Crippen LogP contribution is -2.53. The van der Waals surface area contributed by atoms with Gasteiger partial charge in [0.1, 0.15) is 11.6 Å². The monoisotopic (exact) mass is 413 g/mol. The van der Waals surface area contributed by atoms with Crippen molar-refractivity contribution in [1.29, 1.82) is 0 Å². The van der Waals surface area contributed by atoms with Crippen LogP contribution in [0.3, 0.4) is 0 Å². The van der Waals surface area contributed by atoms with Crippen molar-refractivity contribution in [3.63, 3.8) is 0 Å². The number of hydrogen-bond donors (Lipinski definition) is 1. The number of amides is 1. The minimum Gasteiger partial charge on any atom is -0.459 e. The number of hydrogen-bond acceptors (Lipinski definition) is 5. The number of piperazine rings is 1. The number of carbonyl (C=O) groups is 1. The summed E-state index contributed by atoms with van der Waals surface area (Å²) >= 11 is 0. The van der Waals surface area contributed by atoms with Crippen molar-refractivity contribution in [3.05, 3.63) is 35.8 Å². The highest BCUT2D eigenvalue weighted by Crippen LogP contribution is 2.15. The van der Waals surface area contributed by atoms with E-state index in [1.807, 2.05) is 4.90 Å². The van der Waals surface area contributed by atoms with Gasteiger partial charge in [-0.15, -0.1) is 10.2 Å². The zero-order valence-electron chi connectivity index (χ0n) is 17.7. The SMILES string of the molecule is CN=C(NCCCc1nnc2n1CCCCC2)N1CCN(C(=O)c2ccco2)CC1. The third-order valence-electron chi connectivity index (χ3n) is 5.86. The average Bonchev–Trinajstić information content (AvgIpc) is 3.39. The summed E-state index contributed by atoms with van der Waals surface area (Å²) in [6, 6.07) is 3.45. The van der Waals surface area contributed by atoms with Crippen LogP contribution in [0.15, 0.2) is 27.8 Å². The molecule has 0 aliphatic carbocycles. The quantitative estimate of drug-likeness (QED) is 0.454. The molecule has 0 bridgehead atoms. The van der Waals surface area contributed by atoms with Crippen molar-refractivity contribution in [2.45, 2.75) is 45.1 Å². The molecule has 2 aliphatic rings. The molecule has 30 heavy (non-hydrogen) atoms. The lowest BCUT2D eigenvalue weighted by molar-refractivity contribution is 0.0658. The number of nitrogens with zero attached hydrogens (tertiary/aromatic N) is 6. The number of rotatable bonds is 5. The second kappa shape index (κ2) is 9.77. The number of nitrogens with one attached hydrogen (secondary N) is 1. The van der Waals surface area contributed by atoms with Gasteiger partial charge in [0.15, 0.2) is 11.7 Å². The average molecular weight is 414 g/mol. The van der Waals surface area contributed by atoms with Crippen LogP contribution in [0.25, 0.3) is 0 Å². The van der Waals surface area contributed by atoms with Crippen LogP contribution in [-0.2, 0) is 19.4 Å². The van der Waals surface area contributed by atoms with Crippen LogP contribution < -0.4 is 5.32 Å². The summed E-state index contributed by atoms with van der Waals surface area (Å²) in [6.45, 7) is 4.71. The number of aryl methyl sites for hydroxylation is 2. The maximum absolute atomic E-state index is 12.4. The summed E-state index contributed by atoms with van der Waals surface area (Å²) in [6.07, 6.45) is 8.20. The molecule has 0 spiro atoms. The Balaban J connectivity index is 1.21. The zero-order valence-corrected chi connectivity index (χ0v) is 17.7. The second-order valence-corrected chi connectivity index (χ2v) is 7.83. The molecule has 2 aromatic heterocycles. The summed E-state index contributed by atoms with van der Waals surface area (Å²) in [5.74, 6) is 3.49. The van der Waals surface area contributed by atoms with E-state index in [0.29, 0.717) is 18.8 Å². The Bertz CT molecular complexity index is 851. The third-order valence-corrected chi connectivity index (χ3v) is 5.86. The molecule has 4 rings (SSSR count). The third kappa shape index (κ3) is 4.66. The Hall–Kier alpha value is -2.84. The van der Waals surface area contributed by atoms with Crippen molar-refractivity contribution in [3.8, 4) is 0 Å². The Morgan fingerprint density at radius 2 is 1.97 bits per heavy atom. The Kier molecular flexibility index (Phi) is 6.66. The van der Waals surface area contributed by atoms with E-state index < -0.39 is 0 Å². The number of carbonyl (C=O) groups excluding carboxylic acids is 1. The molecule has 9 heteroatoms. The fraction of sp³-hybridized carbons (Fsp3) is 0.619. The van der Waals surface area contributed by atoms with E-state index in [1.54, 1.807) is 19.2 Å². The van der Waals surface area contributed by atoms with Crippen LogP contribution in [-0.4, -0.2) is 76.2 Å². The fourth-order valence-corrected chi connectivity index (χ4v) is 4.19. The molecule has 0 saturated carbocycles. The van der Waals surface area contributed by atoms with Crippen molar-refractivity contribution in [2.75, 3.05) is 39.8 Å². The van der Waals surface area contributed by atoms with Crippen molar-refractivity contribution >= 4 is 11.9 Å². The van der Waals surface area contributed by atoms with Crippen molar-refractivity contribution in [1.82, 2.24) is 29.9 Å². The number of aliphatic imine (C=N–C) groups is 1. The summed E-state index contributed by atoms with van der Waals surface area (Å²) in [4.78, 5) is 20.9. The van der Waals surface area contributed by atoms with E-state index in [9.17, 15) is 4.79 Å². The van der Waals surface area contributed by atoms with Gasteiger partial charge in [-0.3, -0.25) is 9.79 Å². The molecule has 4 heterocycles. The van der Waals surface area contributed by atoms with Crippen molar-refractivity contribution in [2.24, 2.45) is 4.99 Å². The van der Waals surface area contributed by atoms with Crippen LogP contribution in [0.2, 0.25) is 0 Å². The first-order valence-corrected chi connectivity index (χ1v) is 11.0. The van der Waals surface area contributed by atoms with Crippen LogP contribution in [0.4, 0.5) is 0 Å². The maximum atomic E-state index is 12.4. The Labute approximate surface area is 177 Å². The molecule has 1 N–H and O–H groups in total. The van der Waals surface area contributed by atoms with E-state index in [1.165, 1.54) is 25.5 Å². The number of aromatic nitrogens is 3. The van der Waals surface area contributed by atoms with E-state index in [-0.39, 0.29) is 5.91 Å². The molecule has 162 valence electrons. The molecule has 0 radical (unpaired) electrons. The van der Waals surface area contributed by atoms with Gasteiger partial charge in [0.2, 0.25) is 0 Å². The molecule has 2 aromatic rings. The highest BCUT2D eigenvalue weighted by molar-refractivity contribution is 5.91. The lowest BCUT2D eigenvalue weighted by atomic mass is 10.2. The predicted molar refractivity (Wildman–Crippen MR) is 113 cm³/mol. The molecule has 0 unspecified atom stereocenters. The molecule has 0 aromatic carbocycles. The van der Waals surface area contributed by atoms with E-state index in [2.05, 4.69) is 30.0 Å². The van der Waals surface area contributed by atoms with Gasteiger partial charge in [0.25, 0.3) is 5.91 Å². The molecular formula is C21H31N7O2. The molecule has 2 aliphatic heterocycles. The smallest absolute Gasteiger partial charge is 0.289 e. The van der Waals surface area contributed by atoms with Gasteiger partial charge in [-0.2, -0.15) is 0 Å². The number of guanidine groups is 1. The standard InChI is InChI=1S/C21H31N7O2/c1-22-21(27-14-12-26(13-15-27)20(29)17-7-6-16-30-17)23-10-5-9-19-25-24-18-8-3-2-4-11-28(18)19/h6-7,16H,2-5,8-15H2,1H3,(H,22,23). The summed E-state index contributed by atoms with van der Waals surface area (Å²) < 4.78 is 7.55. The largest absolute Gasteiger partial charge is 0.459 e. The molecular weight excluding hydrogens is 382 g/mol. The molecule has 9 nitrogen and oxygen atoms in total. The summed E-state index contributed by atoms with van der Waals surface area (Å²) in [5, 5.41) is 12.3. The normalized spacial score (nSPS) is 17.6. The van der Waals surface area contributed by atoms with Gasteiger partial charge in [0.05, 0.1) is 6.26 Å². The minimum absolute atomic E-state index is 0.0463. The first-order chi connectivity index (χ1) is 14.8. The van der Waals surface area contributed by atoms with Gasteiger partial charge in [0, 0.05) is 59.2 Å². The zero-order chi connectivity index (χ0) is 20.8. The number of furan rings is 1. The maximum Gasteiger partial charge on any atom is 0.289 e. The lowest BCUT2D eigenvalue weighted by Gasteiger charge is -2.36. The molecule has 1 amide bonds. The van der Waals surface area contributed by atoms with E-state index in [0.717, 1.165) is 63.0 Å².